The average Bonchev–Trinajstić information content (AvgIpc) is 2.76. The molecule has 1 unspecified atom stereocenters. The summed E-state index contributed by atoms with van der Waals surface area (Å²) in [5, 5.41) is 0.964. The summed E-state index contributed by atoms with van der Waals surface area (Å²) in [5.74, 6) is 0.664. The number of carbonyl (C=O) groups excluding carboxylic acids is 1. The van der Waals surface area contributed by atoms with Crippen LogP contribution >= 0.6 is 27.3 Å². The fraction of sp³-hybridized carbons (Fsp3) is 0.400. The zero-order valence-electron chi connectivity index (χ0n) is 11.4. The molecule has 1 fully saturated rings. The molecule has 0 radical (unpaired) electrons. The van der Waals surface area contributed by atoms with Crippen molar-refractivity contribution in [1.29, 1.82) is 0 Å². The van der Waals surface area contributed by atoms with Gasteiger partial charge in [0, 0.05) is 27.6 Å². The van der Waals surface area contributed by atoms with Crippen LogP contribution < -0.4 is 5.73 Å². The lowest BCUT2D eigenvalue weighted by molar-refractivity contribution is 0.0689. The number of halogens is 1. The highest BCUT2D eigenvalue weighted by molar-refractivity contribution is 9.10. The smallest absolute Gasteiger partial charge is 0.266 e. The minimum atomic E-state index is 0.0853. The van der Waals surface area contributed by atoms with Crippen molar-refractivity contribution in [3.8, 4) is 0 Å². The van der Waals surface area contributed by atoms with Crippen molar-refractivity contribution >= 4 is 48.9 Å². The number of thiophene rings is 1. The second kappa shape index (κ2) is 5.37. The highest BCUT2D eigenvalue weighted by Crippen LogP contribution is 2.39. The van der Waals surface area contributed by atoms with Gasteiger partial charge in [0.1, 0.15) is 4.88 Å². The van der Waals surface area contributed by atoms with Crippen molar-refractivity contribution < 1.29 is 4.79 Å². The summed E-state index contributed by atoms with van der Waals surface area (Å²) >= 11 is 5.01. The maximum Gasteiger partial charge on any atom is 0.266 e. The van der Waals surface area contributed by atoms with Crippen LogP contribution in [0.1, 0.15) is 29.4 Å². The van der Waals surface area contributed by atoms with Crippen LogP contribution in [0.15, 0.2) is 22.7 Å². The first-order valence-electron chi connectivity index (χ1n) is 6.83. The molecule has 1 amide bonds. The molecule has 0 bridgehead atoms. The number of likely N-dealkylation sites (tertiary alicyclic amines) is 1. The molecule has 1 aliphatic rings. The Hall–Kier alpha value is -1.07. The van der Waals surface area contributed by atoms with Gasteiger partial charge >= 0.3 is 0 Å². The summed E-state index contributed by atoms with van der Waals surface area (Å²) in [6, 6.07) is 5.94. The number of anilines is 1. The van der Waals surface area contributed by atoms with E-state index in [9.17, 15) is 4.79 Å². The third-order valence-corrected chi connectivity index (χ3v) is 5.66. The molecule has 3 rings (SSSR count). The minimum Gasteiger partial charge on any atom is -0.397 e. The maximum absolute atomic E-state index is 12.7. The number of nitrogens with two attached hydrogens (primary N) is 1. The van der Waals surface area contributed by atoms with Gasteiger partial charge < -0.3 is 10.6 Å². The number of nitrogen functional groups attached to an aromatic ring is 1. The Morgan fingerprint density at radius 2 is 2.30 bits per heavy atom. The molecule has 1 atom stereocenters. The first-order chi connectivity index (χ1) is 9.58. The van der Waals surface area contributed by atoms with Crippen molar-refractivity contribution in [2.75, 3.05) is 18.8 Å². The van der Waals surface area contributed by atoms with Gasteiger partial charge in [0.2, 0.25) is 0 Å². The van der Waals surface area contributed by atoms with E-state index in [2.05, 4.69) is 22.9 Å². The van der Waals surface area contributed by atoms with E-state index in [4.69, 9.17) is 5.73 Å². The summed E-state index contributed by atoms with van der Waals surface area (Å²) in [6.07, 6.45) is 2.29. The molecule has 0 spiro atoms. The topological polar surface area (TPSA) is 46.3 Å². The molecular weight excluding hydrogens is 336 g/mol. The van der Waals surface area contributed by atoms with Crippen LogP contribution in [-0.4, -0.2) is 23.9 Å². The van der Waals surface area contributed by atoms with Crippen LogP contribution in [0.4, 0.5) is 5.69 Å². The quantitative estimate of drug-likeness (QED) is 0.838. The molecule has 3 nitrogen and oxygen atoms in total. The van der Waals surface area contributed by atoms with Crippen LogP contribution in [-0.2, 0) is 0 Å². The van der Waals surface area contributed by atoms with Crippen LogP contribution in [0.2, 0.25) is 0 Å². The lowest BCUT2D eigenvalue weighted by atomic mass is 10.00. The van der Waals surface area contributed by atoms with E-state index in [-0.39, 0.29) is 5.91 Å². The number of piperidine rings is 1. The van der Waals surface area contributed by atoms with Gasteiger partial charge in [-0.15, -0.1) is 11.3 Å². The van der Waals surface area contributed by atoms with Gasteiger partial charge in [-0.3, -0.25) is 4.79 Å². The van der Waals surface area contributed by atoms with Crippen LogP contribution in [0.3, 0.4) is 0 Å². The molecule has 1 aromatic heterocycles. The Balaban J connectivity index is 1.99. The number of rotatable bonds is 1. The molecule has 2 heterocycles. The van der Waals surface area contributed by atoms with Crippen LogP contribution in [0.5, 0.6) is 0 Å². The molecule has 0 aliphatic carbocycles. The molecule has 1 aliphatic heterocycles. The van der Waals surface area contributed by atoms with E-state index >= 15 is 0 Å². The number of nitrogens with zero attached hydrogens (tertiary/aromatic N) is 1. The second-order valence-corrected chi connectivity index (χ2v) is 7.36. The van der Waals surface area contributed by atoms with E-state index in [1.165, 1.54) is 17.8 Å². The van der Waals surface area contributed by atoms with Gasteiger partial charge in [0.25, 0.3) is 5.91 Å². The van der Waals surface area contributed by atoms with E-state index < -0.39 is 0 Å². The van der Waals surface area contributed by atoms with Gasteiger partial charge in [0.15, 0.2) is 0 Å². The first-order valence-corrected chi connectivity index (χ1v) is 8.44. The van der Waals surface area contributed by atoms with E-state index in [1.54, 1.807) is 0 Å². The molecule has 2 N–H and O–H groups in total. The van der Waals surface area contributed by atoms with Crippen molar-refractivity contribution in [1.82, 2.24) is 4.90 Å². The second-order valence-electron chi connectivity index (χ2n) is 5.46. The number of benzene rings is 1. The van der Waals surface area contributed by atoms with Crippen LogP contribution in [0, 0.1) is 5.92 Å². The van der Waals surface area contributed by atoms with Crippen molar-refractivity contribution in [2.24, 2.45) is 5.92 Å². The third-order valence-electron chi connectivity index (χ3n) is 3.84. The lowest BCUT2D eigenvalue weighted by Gasteiger charge is -2.30. The van der Waals surface area contributed by atoms with E-state index in [0.29, 0.717) is 16.5 Å². The molecule has 5 heteroatoms. The third kappa shape index (κ3) is 2.33. The fourth-order valence-electron chi connectivity index (χ4n) is 2.81. The lowest BCUT2D eigenvalue weighted by Crippen LogP contribution is -2.38. The molecule has 0 saturated carbocycles. The number of hydrogen-bond donors (Lipinski definition) is 1. The Kier molecular flexibility index (Phi) is 3.73. The molecule has 106 valence electrons. The summed E-state index contributed by atoms with van der Waals surface area (Å²) in [7, 11) is 0. The Bertz CT molecular complexity index is 667. The maximum atomic E-state index is 12.7. The minimum absolute atomic E-state index is 0.0853. The standard InChI is InChI=1S/C15H17BrN2OS/c1-9-4-3-7-18(8-9)15(19)14-13(17)12-10(16)5-2-6-11(12)20-14/h2,5-6,9H,3-4,7-8,17H2,1H3. The Morgan fingerprint density at radius 3 is 3.00 bits per heavy atom. The fourth-order valence-corrected chi connectivity index (χ4v) is 4.63. The molecule has 2 aromatic rings. The van der Waals surface area contributed by atoms with Gasteiger partial charge in [-0.05, 0) is 30.9 Å². The number of amides is 1. The SMILES string of the molecule is CC1CCCN(C(=O)c2sc3cccc(Br)c3c2N)C1. The summed E-state index contributed by atoms with van der Waals surface area (Å²) in [5.41, 5.74) is 6.83. The molecule has 1 saturated heterocycles. The van der Waals surface area contributed by atoms with Gasteiger partial charge in [-0.1, -0.05) is 28.9 Å². The average molecular weight is 353 g/mol. The summed E-state index contributed by atoms with van der Waals surface area (Å²) in [6.45, 7) is 3.88. The van der Waals surface area contributed by atoms with Gasteiger partial charge in [-0.25, -0.2) is 0 Å². The van der Waals surface area contributed by atoms with E-state index in [1.807, 2.05) is 23.1 Å². The van der Waals surface area contributed by atoms with Crippen molar-refractivity contribution in [3.05, 3.63) is 27.5 Å². The highest BCUT2D eigenvalue weighted by atomic mass is 79.9. The number of hydrogen-bond acceptors (Lipinski definition) is 3. The Labute approximate surface area is 130 Å². The van der Waals surface area contributed by atoms with Gasteiger partial charge in [-0.2, -0.15) is 0 Å². The monoisotopic (exact) mass is 352 g/mol. The predicted molar refractivity (Wildman–Crippen MR) is 88.2 cm³/mol. The zero-order chi connectivity index (χ0) is 14.3. The Morgan fingerprint density at radius 1 is 1.50 bits per heavy atom. The number of carbonyl (C=O) groups is 1. The van der Waals surface area contributed by atoms with Crippen molar-refractivity contribution in [3.63, 3.8) is 0 Å². The van der Waals surface area contributed by atoms with Crippen LogP contribution in [0.25, 0.3) is 10.1 Å². The number of fused-ring (bicyclic) bond motifs is 1. The molecule has 1 aromatic carbocycles. The normalized spacial score (nSPS) is 19.5. The predicted octanol–water partition coefficient (Wildman–Crippen LogP) is 4.12. The zero-order valence-corrected chi connectivity index (χ0v) is 13.8. The van der Waals surface area contributed by atoms with E-state index in [0.717, 1.165) is 34.1 Å². The largest absolute Gasteiger partial charge is 0.397 e. The summed E-state index contributed by atoms with van der Waals surface area (Å²) in [4.78, 5) is 15.3. The summed E-state index contributed by atoms with van der Waals surface area (Å²) < 4.78 is 2.01. The molecular formula is C15H17BrN2OS. The molecule has 20 heavy (non-hydrogen) atoms. The van der Waals surface area contributed by atoms with Gasteiger partial charge in [0.05, 0.1) is 5.69 Å². The first kappa shape index (κ1) is 13.9. The van der Waals surface area contributed by atoms with Crippen molar-refractivity contribution in [2.45, 2.75) is 19.8 Å². The highest BCUT2D eigenvalue weighted by Gasteiger charge is 2.26.